The molecule has 0 aliphatic rings. The molecule has 0 aliphatic carbocycles. The van der Waals surface area contributed by atoms with Crippen LogP contribution in [0.5, 0.6) is 0 Å². The molecule has 0 heterocycles. The van der Waals surface area contributed by atoms with Gasteiger partial charge in [0.15, 0.2) is 12.2 Å². The van der Waals surface area contributed by atoms with Crippen molar-refractivity contribution in [3.8, 4) is 0 Å². The first-order valence-electron chi connectivity index (χ1n) is 36.0. The van der Waals surface area contributed by atoms with Crippen molar-refractivity contribution in [2.45, 2.75) is 368 Å². The lowest BCUT2D eigenvalue weighted by Crippen LogP contribution is -2.30. The SMILES string of the molecule is CCCCCCCCCCCCCCC(=O)O[C@H](COC(=O)CCCCCCCCCCC)COP(=O)(O)OC[C@H](O)COP(=O)(O)OC[C@@H](COC(=O)CCCCCCCCCCCCC(C)C)OC(=O)CCCCCCCCCCCCCC(C)C. The Bertz CT molecular complexity index is 1720. The third-order valence-corrected chi connectivity index (χ3v) is 17.9. The predicted octanol–water partition coefficient (Wildman–Crippen LogP) is 19.6. The summed E-state index contributed by atoms with van der Waals surface area (Å²) < 4.78 is 68.2. The van der Waals surface area contributed by atoms with E-state index in [2.05, 4.69) is 41.5 Å². The Morgan fingerprint density at radius 2 is 0.523 bits per heavy atom. The van der Waals surface area contributed by atoms with Gasteiger partial charge in [-0.1, -0.05) is 298 Å². The second-order valence-corrected chi connectivity index (χ2v) is 28.8. The molecular weight excluding hydrogens is 1160 g/mol. The van der Waals surface area contributed by atoms with Crippen LogP contribution in [-0.2, 0) is 65.4 Å². The molecule has 2 unspecified atom stereocenters. The molecule has 0 saturated carbocycles. The van der Waals surface area contributed by atoms with Crippen LogP contribution < -0.4 is 0 Å². The first kappa shape index (κ1) is 86.1. The van der Waals surface area contributed by atoms with E-state index in [-0.39, 0.29) is 25.7 Å². The van der Waals surface area contributed by atoms with Crippen LogP contribution >= 0.6 is 15.6 Å². The van der Waals surface area contributed by atoms with Crippen molar-refractivity contribution >= 4 is 39.5 Å². The van der Waals surface area contributed by atoms with Gasteiger partial charge in [-0.2, -0.15) is 0 Å². The van der Waals surface area contributed by atoms with Crippen molar-refractivity contribution in [2.75, 3.05) is 39.6 Å². The van der Waals surface area contributed by atoms with Gasteiger partial charge >= 0.3 is 39.5 Å². The van der Waals surface area contributed by atoms with Gasteiger partial charge in [-0.05, 0) is 37.5 Å². The molecule has 0 aliphatic heterocycles. The highest BCUT2D eigenvalue weighted by Crippen LogP contribution is 2.45. The number of unbranched alkanes of at least 4 members (excludes halogenated alkanes) is 38. The summed E-state index contributed by atoms with van der Waals surface area (Å²) >= 11 is 0. The second kappa shape index (κ2) is 61.3. The fraction of sp³-hybridized carbons (Fsp3) is 0.942. The topological polar surface area (TPSA) is 237 Å². The molecule has 0 aromatic heterocycles. The highest BCUT2D eigenvalue weighted by molar-refractivity contribution is 7.47. The number of esters is 4. The van der Waals surface area contributed by atoms with E-state index in [1.807, 2.05) is 0 Å². The number of aliphatic hydroxyl groups is 1. The maximum Gasteiger partial charge on any atom is 0.472 e. The van der Waals surface area contributed by atoms with Crippen LogP contribution in [0.4, 0.5) is 0 Å². The van der Waals surface area contributed by atoms with Crippen molar-refractivity contribution in [1.82, 2.24) is 0 Å². The van der Waals surface area contributed by atoms with E-state index in [1.165, 1.54) is 167 Å². The van der Waals surface area contributed by atoms with Gasteiger partial charge < -0.3 is 33.8 Å². The summed E-state index contributed by atoms with van der Waals surface area (Å²) in [6.07, 6.45) is 45.7. The zero-order valence-electron chi connectivity index (χ0n) is 57.0. The van der Waals surface area contributed by atoms with Gasteiger partial charge in [0.1, 0.15) is 19.3 Å². The maximum atomic E-state index is 13.0. The van der Waals surface area contributed by atoms with Crippen LogP contribution in [0.3, 0.4) is 0 Å². The molecule has 522 valence electrons. The van der Waals surface area contributed by atoms with Crippen LogP contribution in [0.25, 0.3) is 0 Å². The van der Waals surface area contributed by atoms with E-state index in [0.717, 1.165) is 102 Å². The van der Waals surface area contributed by atoms with E-state index in [9.17, 15) is 43.2 Å². The average molecular weight is 1300 g/mol. The number of rotatable bonds is 68. The van der Waals surface area contributed by atoms with Crippen molar-refractivity contribution < 1.29 is 80.2 Å². The Balaban J connectivity index is 5.24. The van der Waals surface area contributed by atoms with Crippen molar-refractivity contribution in [3.05, 3.63) is 0 Å². The molecule has 0 bridgehead atoms. The lowest BCUT2D eigenvalue weighted by atomic mass is 10.0. The lowest BCUT2D eigenvalue weighted by molar-refractivity contribution is -0.161. The van der Waals surface area contributed by atoms with Gasteiger partial charge in [0.25, 0.3) is 0 Å². The molecule has 3 N–H and O–H groups in total. The van der Waals surface area contributed by atoms with Crippen LogP contribution in [0.15, 0.2) is 0 Å². The second-order valence-electron chi connectivity index (χ2n) is 25.9. The summed E-state index contributed by atoms with van der Waals surface area (Å²) in [4.78, 5) is 72.5. The van der Waals surface area contributed by atoms with E-state index in [0.29, 0.717) is 25.7 Å². The molecule has 0 amide bonds. The van der Waals surface area contributed by atoms with Gasteiger partial charge in [-0.3, -0.25) is 37.3 Å². The molecule has 88 heavy (non-hydrogen) atoms. The number of hydrogen-bond acceptors (Lipinski definition) is 15. The molecule has 0 radical (unpaired) electrons. The van der Waals surface area contributed by atoms with Crippen LogP contribution in [0.2, 0.25) is 0 Å². The maximum absolute atomic E-state index is 13.0. The zero-order chi connectivity index (χ0) is 65.0. The van der Waals surface area contributed by atoms with Gasteiger partial charge in [0.2, 0.25) is 0 Å². The van der Waals surface area contributed by atoms with Gasteiger partial charge in [-0.25, -0.2) is 9.13 Å². The number of carbonyl (C=O) groups excluding carboxylic acids is 4. The smallest absolute Gasteiger partial charge is 0.462 e. The normalized spacial score (nSPS) is 14.2. The van der Waals surface area contributed by atoms with Crippen molar-refractivity contribution in [3.63, 3.8) is 0 Å². The average Bonchev–Trinajstić information content (AvgIpc) is 3.69. The molecule has 0 fully saturated rings. The Labute approximate surface area is 537 Å². The third kappa shape index (κ3) is 62.8. The summed E-state index contributed by atoms with van der Waals surface area (Å²) in [5, 5.41) is 10.6. The minimum atomic E-state index is -4.95. The predicted molar refractivity (Wildman–Crippen MR) is 354 cm³/mol. The molecule has 0 rings (SSSR count). The van der Waals surface area contributed by atoms with E-state index in [1.54, 1.807) is 0 Å². The number of carbonyl (C=O) groups is 4. The fourth-order valence-corrected chi connectivity index (χ4v) is 12.0. The van der Waals surface area contributed by atoms with E-state index in [4.69, 9.17) is 37.0 Å². The number of hydrogen-bond donors (Lipinski definition) is 3. The fourth-order valence-electron chi connectivity index (χ4n) is 10.4. The standard InChI is InChI=1S/C69H134O17P2/c1-7-9-11-13-15-17-18-21-29-35-41-47-53-68(73)85-64(57-79-66(71)51-45-39-33-25-16-14-12-10-8-2)59-83-87(75,76)81-55-63(70)56-82-88(77,78)84-60-65(58-80-67(72)52-46-40-34-28-24-23-27-32-38-44-50-62(5)6)86-69(74)54-48-42-36-30-22-19-20-26-31-37-43-49-61(3)4/h61-65,70H,7-60H2,1-6H3,(H,75,76)(H,77,78)/t63-,64+,65+/m0/s1. The first-order valence-corrected chi connectivity index (χ1v) is 39.0. The first-order chi connectivity index (χ1) is 42.4. The molecule has 19 heteroatoms. The van der Waals surface area contributed by atoms with E-state index >= 15 is 0 Å². The minimum Gasteiger partial charge on any atom is -0.462 e. The number of ether oxygens (including phenoxy) is 4. The Morgan fingerprint density at radius 1 is 0.307 bits per heavy atom. The Morgan fingerprint density at radius 3 is 0.773 bits per heavy atom. The van der Waals surface area contributed by atoms with E-state index < -0.39 is 97.5 Å². The van der Waals surface area contributed by atoms with Crippen molar-refractivity contribution in [1.29, 1.82) is 0 Å². The summed E-state index contributed by atoms with van der Waals surface area (Å²) in [5.74, 6) is -0.601. The van der Waals surface area contributed by atoms with Gasteiger partial charge in [-0.15, -0.1) is 0 Å². The molecule has 0 saturated heterocycles. The highest BCUT2D eigenvalue weighted by Gasteiger charge is 2.30. The van der Waals surface area contributed by atoms with Gasteiger partial charge in [0.05, 0.1) is 26.4 Å². The molecule has 0 aromatic carbocycles. The number of phosphoric acid groups is 2. The highest BCUT2D eigenvalue weighted by atomic mass is 31.2. The summed E-state index contributed by atoms with van der Waals surface area (Å²) in [5.41, 5.74) is 0. The van der Waals surface area contributed by atoms with Crippen LogP contribution in [-0.4, -0.2) is 96.7 Å². The van der Waals surface area contributed by atoms with Crippen LogP contribution in [0, 0.1) is 11.8 Å². The summed E-state index contributed by atoms with van der Waals surface area (Å²) in [7, 11) is -9.90. The monoisotopic (exact) mass is 1300 g/mol. The molecule has 0 aromatic rings. The molecule has 0 spiro atoms. The molecular formula is C69H134O17P2. The molecule has 17 nitrogen and oxygen atoms in total. The zero-order valence-corrected chi connectivity index (χ0v) is 58.8. The van der Waals surface area contributed by atoms with Gasteiger partial charge in [0, 0.05) is 25.7 Å². The largest absolute Gasteiger partial charge is 0.472 e. The number of phosphoric ester groups is 2. The number of aliphatic hydroxyl groups excluding tert-OH is 1. The summed E-state index contributed by atoms with van der Waals surface area (Å²) in [6.45, 7) is 9.52. The minimum absolute atomic E-state index is 0.106. The van der Waals surface area contributed by atoms with Crippen molar-refractivity contribution in [2.24, 2.45) is 11.8 Å². The Hall–Kier alpha value is -1.94. The quantitative estimate of drug-likeness (QED) is 0.0222. The lowest BCUT2D eigenvalue weighted by Gasteiger charge is -2.21. The summed E-state index contributed by atoms with van der Waals surface area (Å²) in [6, 6.07) is 0. The van der Waals surface area contributed by atoms with Crippen LogP contribution in [0.1, 0.15) is 350 Å². The Kier molecular flexibility index (Phi) is 59.9. The third-order valence-electron chi connectivity index (χ3n) is 16.0. The molecule has 5 atom stereocenters.